The number of amides is 1. The summed E-state index contributed by atoms with van der Waals surface area (Å²) in [5, 5.41) is 3.90. The van der Waals surface area contributed by atoms with Crippen molar-refractivity contribution in [2.75, 3.05) is 0 Å². The predicted octanol–water partition coefficient (Wildman–Crippen LogP) is -0.0185. The maximum absolute atomic E-state index is 11.6. The number of carbonyl (C=O) groups excluding carboxylic acids is 1. The molecule has 7 nitrogen and oxygen atoms in total. The van der Waals surface area contributed by atoms with Crippen LogP contribution in [0.2, 0.25) is 5.02 Å². The fraction of sp³-hybridized carbons (Fsp3) is 0.0909. The number of hydrogen-bond donors (Lipinski definition) is 2. The van der Waals surface area contributed by atoms with Gasteiger partial charge in [0.1, 0.15) is 6.20 Å². The van der Waals surface area contributed by atoms with Crippen LogP contribution in [0.5, 0.6) is 0 Å². The molecule has 3 N–H and O–H groups in total. The first kappa shape index (κ1) is 13.0. The normalized spacial score (nSPS) is 10.4. The second-order valence-corrected chi connectivity index (χ2v) is 4.22. The van der Waals surface area contributed by atoms with E-state index in [1.807, 2.05) is 0 Å². The maximum Gasteiger partial charge on any atom is 0.349 e. The van der Waals surface area contributed by atoms with Crippen molar-refractivity contribution in [3.05, 3.63) is 55.3 Å². The molecule has 0 unspecified atom stereocenters. The lowest BCUT2D eigenvalue weighted by molar-refractivity contribution is 0.100. The Morgan fingerprint density at radius 2 is 2.11 bits per heavy atom. The molecule has 0 bridgehead atoms. The summed E-state index contributed by atoms with van der Waals surface area (Å²) >= 11 is 5.95. The van der Waals surface area contributed by atoms with E-state index in [4.69, 9.17) is 17.3 Å². The van der Waals surface area contributed by atoms with Crippen LogP contribution in [0.3, 0.4) is 0 Å². The Morgan fingerprint density at radius 1 is 1.42 bits per heavy atom. The monoisotopic (exact) mass is 280 g/mol. The van der Waals surface area contributed by atoms with Crippen LogP contribution in [0.15, 0.2) is 27.9 Å². The second kappa shape index (κ2) is 4.69. The standard InChI is InChI=1S/C11H9ClN4O3/c1-5-2-6(3-7(9(5)12)10(13)18)16-11(19)15-8(17)4-14-16/h2-4H,1H3,(H2,13,18)(H,15,17,19). The average molecular weight is 281 g/mol. The van der Waals surface area contributed by atoms with Gasteiger partial charge >= 0.3 is 5.69 Å². The molecule has 0 radical (unpaired) electrons. The topological polar surface area (TPSA) is 111 Å². The van der Waals surface area contributed by atoms with Crippen molar-refractivity contribution < 1.29 is 4.79 Å². The van der Waals surface area contributed by atoms with Gasteiger partial charge in [0.15, 0.2) is 0 Å². The van der Waals surface area contributed by atoms with E-state index in [0.717, 1.165) is 10.9 Å². The third kappa shape index (κ3) is 2.41. The Balaban J connectivity index is 2.73. The number of primary amides is 1. The van der Waals surface area contributed by atoms with Crippen LogP contribution in [0, 0.1) is 6.92 Å². The summed E-state index contributed by atoms with van der Waals surface area (Å²) in [6.07, 6.45) is 0.954. The third-order valence-electron chi connectivity index (χ3n) is 2.46. The number of aromatic nitrogens is 3. The molecule has 2 aromatic rings. The molecule has 2 rings (SSSR count). The summed E-state index contributed by atoms with van der Waals surface area (Å²) in [5.41, 5.74) is 4.81. The Morgan fingerprint density at radius 3 is 2.68 bits per heavy atom. The number of aryl methyl sites for hydroxylation is 1. The van der Waals surface area contributed by atoms with Crippen LogP contribution >= 0.6 is 11.6 Å². The highest BCUT2D eigenvalue weighted by Gasteiger charge is 2.13. The summed E-state index contributed by atoms with van der Waals surface area (Å²) in [6.45, 7) is 1.66. The molecule has 8 heteroatoms. The van der Waals surface area contributed by atoms with Crippen LogP contribution in [0.4, 0.5) is 0 Å². The number of rotatable bonds is 2. The number of nitrogens with two attached hydrogens (primary N) is 1. The van der Waals surface area contributed by atoms with Gasteiger partial charge in [0, 0.05) is 0 Å². The molecule has 0 fully saturated rings. The molecule has 98 valence electrons. The van der Waals surface area contributed by atoms with Crippen molar-refractivity contribution in [1.82, 2.24) is 14.8 Å². The SMILES string of the molecule is Cc1cc(-n2ncc(=O)[nH]c2=O)cc(C(N)=O)c1Cl. The lowest BCUT2D eigenvalue weighted by Crippen LogP contribution is -2.30. The highest BCUT2D eigenvalue weighted by atomic mass is 35.5. The van der Waals surface area contributed by atoms with E-state index in [-0.39, 0.29) is 16.3 Å². The van der Waals surface area contributed by atoms with Gasteiger partial charge in [-0.25, -0.2) is 4.79 Å². The van der Waals surface area contributed by atoms with Crippen LogP contribution in [0.1, 0.15) is 15.9 Å². The molecule has 1 amide bonds. The largest absolute Gasteiger partial charge is 0.366 e. The molecule has 1 aromatic carbocycles. The number of hydrogen-bond acceptors (Lipinski definition) is 4. The first-order chi connectivity index (χ1) is 8.90. The lowest BCUT2D eigenvalue weighted by atomic mass is 10.1. The Labute approximate surface area is 111 Å². The molecular formula is C11H9ClN4O3. The molecule has 0 spiro atoms. The molecule has 19 heavy (non-hydrogen) atoms. The number of H-pyrrole nitrogens is 1. The molecule has 1 aromatic heterocycles. The van der Waals surface area contributed by atoms with E-state index < -0.39 is 17.2 Å². The van der Waals surface area contributed by atoms with Crippen LogP contribution in [-0.4, -0.2) is 20.7 Å². The van der Waals surface area contributed by atoms with E-state index in [2.05, 4.69) is 10.1 Å². The lowest BCUT2D eigenvalue weighted by Gasteiger charge is -2.08. The van der Waals surface area contributed by atoms with Gasteiger partial charge in [-0.05, 0) is 24.6 Å². The number of benzene rings is 1. The van der Waals surface area contributed by atoms with Crippen molar-refractivity contribution in [3.8, 4) is 5.69 Å². The van der Waals surface area contributed by atoms with Crippen molar-refractivity contribution in [2.24, 2.45) is 5.73 Å². The molecule has 0 saturated carbocycles. The van der Waals surface area contributed by atoms with Gasteiger partial charge in [-0.2, -0.15) is 9.78 Å². The van der Waals surface area contributed by atoms with Crippen molar-refractivity contribution in [3.63, 3.8) is 0 Å². The Bertz CT molecular complexity index is 778. The molecule has 0 atom stereocenters. The summed E-state index contributed by atoms with van der Waals surface area (Å²) in [5.74, 6) is -0.715. The van der Waals surface area contributed by atoms with E-state index in [1.54, 1.807) is 13.0 Å². The van der Waals surface area contributed by atoms with Gasteiger partial charge in [-0.15, -0.1) is 0 Å². The molecular weight excluding hydrogens is 272 g/mol. The first-order valence-corrected chi connectivity index (χ1v) is 5.57. The quantitative estimate of drug-likeness (QED) is 0.805. The third-order valence-corrected chi connectivity index (χ3v) is 2.96. The first-order valence-electron chi connectivity index (χ1n) is 5.19. The van der Waals surface area contributed by atoms with Gasteiger partial charge in [0.25, 0.3) is 5.56 Å². The van der Waals surface area contributed by atoms with E-state index >= 15 is 0 Å². The van der Waals surface area contributed by atoms with Gasteiger partial charge in [0.2, 0.25) is 5.91 Å². The van der Waals surface area contributed by atoms with Gasteiger partial charge in [-0.3, -0.25) is 14.6 Å². The number of nitrogens with zero attached hydrogens (tertiary/aromatic N) is 2. The average Bonchev–Trinajstić information content (AvgIpc) is 2.32. The summed E-state index contributed by atoms with van der Waals surface area (Å²) < 4.78 is 0.942. The van der Waals surface area contributed by atoms with Crippen molar-refractivity contribution in [1.29, 1.82) is 0 Å². The second-order valence-electron chi connectivity index (χ2n) is 3.84. The zero-order valence-corrected chi connectivity index (χ0v) is 10.6. The molecule has 0 saturated heterocycles. The minimum atomic E-state index is -0.718. The predicted molar refractivity (Wildman–Crippen MR) is 68.7 cm³/mol. The Hall–Kier alpha value is -2.41. The van der Waals surface area contributed by atoms with E-state index in [9.17, 15) is 14.4 Å². The number of carbonyl (C=O) groups is 1. The zero-order valence-electron chi connectivity index (χ0n) is 9.81. The van der Waals surface area contributed by atoms with Crippen molar-refractivity contribution >= 4 is 17.5 Å². The van der Waals surface area contributed by atoms with Gasteiger partial charge < -0.3 is 5.73 Å². The van der Waals surface area contributed by atoms with E-state index in [0.29, 0.717) is 5.56 Å². The molecule has 0 aliphatic carbocycles. The summed E-state index contributed by atoms with van der Waals surface area (Å²) in [7, 11) is 0. The highest BCUT2D eigenvalue weighted by molar-refractivity contribution is 6.34. The summed E-state index contributed by atoms with van der Waals surface area (Å²) in [4.78, 5) is 35.9. The smallest absolute Gasteiger partial charge is 0.349 e. The number of halogens is 1. The fourth-order valence-corrected chi connectivity index (χ4v) is 1.79. The molecule has 0 aliphatic rings. The zero-order chi connectivity index (χ0) is 14.2. The number of aromatic amines is 1. The fourth-order valence-electron chi connectivity index (χ4n) is 1.59. The Kier molecular flexibility index (Phi) is 3.22. The van der Waals surface area contributed by atoms with Crippen molar-refractivity contribution in [2.45, 2.75) is 6.92 Å². The van der Waals surface area contributed by atoms with Crippen LogP contribution < -0.4 is 17.0 Å². The van der Waals surface area contributed by atoms with Crippen LogP contribution in [-0.2, 0) is 0 Å². The summed E-state index contributed by atoms with van der Waals surface area (Å²) in [6, 6.07) is 2.89. The number of nitrogens with one attached hydrogen (secondary N) is 1. The van der Waals surface area contributed by atoms with Crippen LogP contribution in [0.25, 0.3) is 5.69 Å². The minimum absolute atomic E-state index is 0.0802. The minimum Gasteiger partial charge on any atom is -0.366 e. The molecule has 1 heterocycles. The molecule has 0 aliphatic heterocycles. The van der Waals surface area contributed by atoms with E-state index in [1.165, 1.54) is 6.07 Å². The highest BCUT2D eigenvalue weighted by Crippen LogP contribution is 2.23. The maximum atomic E-state index is 11.6. The van der Waals surface area contributed by atoms with Gasteiger partial charge in [-0.1, -0.05) is 11.6 Å². The van der Waals surface area contributed by atoms with Gasteiger partial charge in [0.05, 0.1) is 16.3 Å².